The summed E-state index contributed by atoms with van der Waals surface area (Å²) in [5.74, 6) is 0.742. The number of nitrogens with one attached hydrogen (secondary N) is 1. The summed E-state index contributed by atoms with van der Waals surface area (Å²) >= 11 is 1.70. The molecule has 2 aromatic heterocycles. The average molecular weight is 261 g/mol. The summed E-state index contributed by atoms with van der Waals surface area (Å²) in [5.41, 5.74) is 0.599. The zero-order valence-corrected chi connectivity index (χ0v) is 11.2. The number of aromatic nitrogens is 1. The number of pyridine rings is 1. The van der Waals surface area contributed by atoms with Crippen LogP contribution in [0, 0.1) is 0 Å². The van der Waals surface area contributed by atoms with Gasteiger partial charge >= 0.3 is 0 Å². The van der Waals surface area contributed by atoms with Gasteiger partial charge in [0.15, 0.2) is 0 Å². The molecule has 0 aliphatic carbocycles. The van der Waals surface area contributed by atoms with Crippen LogP contribution in [-0.4, -0.2) is 29.9 Å². The molecule has 1 amide bonds. The molecule has 0 bridgehead atoms. The fourth-order valence-corrected chi connectivity index (χ4v) is 2.12. The van der Waals surface area contributed by atoms with E-state index in [2.05, 4.69) is 16.4 Å². The van der Waals surface area contributed by atoms with Crippen LogP contribution in [0.5, 0.6) is 0 Å². The lowest BCUT2D eigenvalue weighted by Crippen LogP contribution is -2.21. The third kappa shape index (κ3) is 3.07. The number of anilines is 1. The molecule has 2 heterocycles. The molecule has 0 saturated carbocycles. The van der Waals surface area contributed by atoms with Crippen molar-refractivity contribution in [3.63, 3.8) is 0 Å². The SMILES string of the molecule is CN(C)C(=O)c1ccc(NCc2cccs2)nc1. The van der Waals surface area contributed by atoms with Crippen LogP contribution in [0.3, 0.4) is 0 Å². The van der Waals surface area contributed by atoms with Crippen LogP contribution >= 0.6 is 11.3 Å². The molecule has 2 rings (SSSR count). The smallest absolute Gasteiger partial charge is 0.254 e. The van der Waals surface area contributed by atoms with Crippen molar-refractivity contribution in [3.8, 4) is 0 Å². The highest BCUT2D eigenvalue weighted by molar-refractivity contribution is 7.09. The maximum absolute atomic E-state index is 11.7. The van der Waals surface area contributed by atoms with Gasteiger partial charge in [-0.25, -0.2) is 4.98 Å². The van der Waals surface area contributed by atoms with Gasteiger partial charge in [0.05, 0.1) is 12.1 Å². The van der Waals surface area contributed by atoms with E-state index in [1.807, 2.05) is 17.5 Å². The summed E-state index contributed by atoms with van der Waals surface area (Å²) in [7, 11) is 3.45. The molecule has 0 spiro atoms. The normalized spacial score (nSPS) is 10.1. The van der Waals surface area contributed by atoms with E-state index in [0.717, 1.165) is 12.4 Å². The van der Waals surface area contributed by atoms with Crippen LogP contribution in [0.15, 0.2) is 35.8 Å². The van der Waals surface area contributed by atoms with Crippen molar-refractivity contribution in [2.45, 2.75) is 6.54 Å². The highest BCUT2D eigenvalue weighted by atomic mass is 32.1. The van der Waals surface area contributed by atoms with Gasteiger partial charge in [0.2, 0.25) is 0 Å². The zero-order valence-electron chi connectivity index (χ0n) is 10.4. The summed E-state index contributed by atoms with van der Waals surface area (Å²) < 4.78 is 0. The first-order chi connectivity index (χ1) is 8.66. The van der Waals surface area contributed by atoms with E-state index in [-0.39, 0.29) is 5.91 Å². The van der Waals surface area contributed by atoms with E-state index in [4.69, 9.17) is 0 Å². The number of hydrogen-bond acceptors (Lipinski definition) is 4. The van der Waals surface area contributed by atoms with Crippen LogP contribution in [0.4, 0.5) is 5.82 Å². The number of rotatable bonds is 4. The largest absolute Gasteiger partial charge is 0.365 e. The molecule has 0 atom stereocenters. The maximum atomic E-state index is 11.7. The van der Waals surface area contributed by atoms with Gasteiger partial charge < -0.3 is 10.2 Å². The molecule has 4 nitrogen and oxygen atoms in total. The summed E-state index contributed by atoms with van der Waals surface area (Å²) in [6.07, 6.45) is 1.60. The minimum absolute atomic E-state index is 0.0349. The first-order valence-electron chi connectivity index (χ1n) is 5.61. The van der Waals surface area contributed by atoms with Crippen molar-refractivity contribution in [2.24, 2.45) is 0 Å². The number of carbonyl (C=O) groups excluding carboxylic acids is 1. The summed E-state index contributed by atoms with van der Waals surface area (Å²) in [6.45, 7) is 0.756. The minimum atomic E-state index is -0.0349. The Kier molecular flexibility index (Phi) is 3.94. The predicted molar refractivity (Wildman–Crippen MR) is 73.9 cm³/mol. The Balaban J connectivity index is 1.97. The van der Waals surface area contributed by atoms with Crippen LogP contribution in [0.1, 0.15) is 15.2 Å². The topological polar surface area (TPSA) is 45.2 Å². The average Bonchev–Trinajstić information content (AvgIpc) is 2.89. The summed E-state index contributed by atoms with van der Waals surface area (Å²) in [5, 5.41) is 5.26. The van der Waals surface area contributed by atoms with Gasteiger partial charge in [-0.3, -0.25) is 4.79 Å². The van der Waals surface area contributed by atoms with Crippen LogP contribution in [-0.2, 0) is 6.54 Å². The molecule has 0 saturated heterocycles. The lowest BCUT2D eigenvalue weighted by Gasteiger charge is -2.10. The fourth-order valence-electron chi connectivity index (χ4n) is 1.47. The molecule has 18 heavy (non-hydrogen) atoms. The molecule has 0 fully saturated rings. The number of carbonyl (C=O) groups is 1. The standard InChI is InChI=1S/C13H15N3OS/c1-16(2)13(17)10-5-6-12(14-8-10)15-9-11-4-3-7-18-11/h3-8H,9H2,1-2H3,(H,14,15). The first-order valence-corrected chi connectivity index (χ1v) is 6.49. The molecule has 0 aliphatic rings. The van der Waals surface area contributed by atoms with Gasteiger partial charge in [0.25, 0.3) is 5.91 Å². The fraction of sp³-hybridized carbons (Fsp3) is 0.231. The Morgan fingerprint density at radius 2 is 2.22 bits per heavy atom. The van der Waals surface area contributed by atoms with E-state index < -0.39 is 0 Å². The maximum Gasteiger partial charge on any atom is 0.254 e. The highest BCUT2D eigenvalue weighted by Gasteiger charge is 2.07. The van der Waals surface area contributed by atoms with Crippen molar-refractivity contribution >= 4 is 23.1 Å². The Bertz CT molecular complexity index is 506. The molecular weight excluding hydrogens is 246 g/mol. The van der Waals surface area contributed by atoms with Gasteiger partial charge in [-0.2, -0.15) is 0 Å². The lowest BCUT2D eigenvalue weighted by atomic mass is 10.2. The van der Waals surface area contributed by atoms with E-state index in [9.17, 15) is 4.79 Å². The Morgan fingerprint density at radius 3 is 2.78 bits per heavy atom. The van der Waals surface area contributed by atoms with Crippen molar-refractivity contribution in [1.29, 1.82) is 0 Å². The van der Waals surface area contributed by atoms with Crippen LogP contribution in [0.25, 0.3) is 0 Å². The van der Waals surface area contributed by atoms with Crippen molar-refractivity contribution < 1.29 is 4.79 Å². The quantitative estimate of drug-likeness (QED) is 0.919. The molecule has 94 valence electrons. The van der Waals surface area contributed by atoms with Gasteiger partial charge in [0.1, 0.15) is 5.82 Å². The van der Waals surface area contributed by atoms with Gasteiger partial charge in [-0.05, 0) is 23.6 Å². The van der Waals surface area contributed by atoms with E-state index in [0.29, 0.717) is 5.56 Å². The number of nitrogens with zero attached hydrogens (tertiary/aromatic N) is 2. The molecule has 0 aromatic carbocycles. The van der Waals surface area contributed by atoms with Gasteiger partial charge in [0, 0.05) is 25.2 Å². The molecule has 0 unspecified atom stereocenters. The van der Waals surface area contributed by atoms with Gasteiger partial charge in [-0.15, -0.1) is 11.3 Å². The van der Waals surface area contributed by atoms with Crippen molar-refractivity contribution in [1.82, 2.24) is 9.88 Å². The molecule has 1 N–H and O–H groups in total. The van der Waals surface area contributed by atoms with E-state index in [1.165, 1.54) is 9.78 Å². The number of amides is 1. The van der Waals surface area contributed by atoms with Crippen molar-refractivity contribution in [2.75, 3.05) is 19.4 Å². The Morgan fingerprint density at radius 1 is 1.39 bits per heavy atom. The number of thiophene rings is 1. The second-order valence-corrected chi connectivity index (χ2v) is 5.10. The third-order valence-electron chi connectivity index (χ3n) is 2.44. The Labute approximate surface area is 110 Å². The predicted octanol–water partition coefficient (Wildman–Crippen LogP) is 2.46. The van der Waals surface area contributed by atoms with Crippen molar-refractivity contribution in [3.05, 3.63) is 46.3 Å². The summed E-state index contributed by atoms with van der Waals surface area (Å²) in [6, 6.07) is 7.70. The monoisotopic (exact) mass is 261 g/mol. The van der Waals surface area contributed by atoms with Crippen LogP contribution in [0.2, 0.25) is 0 Å². The first kappa shape index (κ1) is 12.6. The highest BCUT2D eigenvalue weighted by Crippen LogP contribution is 2.12. The lowest BCUT2D eigenvalue weighted by molar-refractivity contribution is 0.0827. The van der Waals surface area contributed by atoms with E-state index >= 15 is 0 Å². The second-order valence-electron chi connectivity index (χ2n) is 4.06. The van der Waals surface area contributed by atoms with Crippen LogP contribution < -0.4 is 5.32 Å². The second kappa shape index (κ2) is 5.64. The molecule has 0 aliphatic heterocycles. The zero-order chi connectivity index (χ0) is 13.0. The Hall–Kier alpha value is -1.88. The van der Waals surface area contributed by atoms with E-state index in [1.54, 1.807) is 37.7 Å². The molecule has 2 aromatic rings. The molecular formula is C13H15N3OS. The third-order valence-corrected chi connectivity index (χ3v) is 3.32. The molecule has 0 radical (unpaired) electrons. The summed E-state index contributed by atoms with van der Waals surface area (Å²) in [4.78, 5) is 18.7. The van der Waals surface area contributed by atoms with Gasteiger partial charge in [-0.1, -0.05) is 6.07 Å². The number of hydrogen-bond donors (Lipinski definition) is 1. The minimum Gasteiger partial charge on any atom is -0.365 e. The molecule has 5 heteroatoms.